The van der Waals surface area contributed by atoms with Gasteiger partial charge in [0, 0.05) is 11.4 Å². The minimum absolute atomic E-state index is 0.145. The van der Waals surface area contributed by atoms with Gasteiger partial charge < -0.3 is 19.5 Å². The Morgan fingerprint density at radius 1 is 1.13 bits per heavy atom. The maximum Gasteiger partial charge on any atom is 0.254 e. The van der Waals surface area contributed by atoms with E-state index in [-0.39, 0.29) is 6.04 Å². The molecule has 0 fully saturated rings. The first kappa shape index (κ1) is 21.9. The number of nitrogens with zero attached hydrogens (tertiary/aromatic N) is 4. The third-order valence-electron chi connectivity index (χ3n) is 4.92. The van der Waals surface area contributed by atoms with Crippen molar-refractivity contribution in [3.63, 3.8) is 0 Å². The van der Waals surface area contributed by atoms with Crippen molar-refractivity contribution in [2.75, 3.05) is 21.3 Å². The molecule has 1 atom stereocenters. The van der Waals surface area contributed by atoms with Crippen LogP contribution in [0.2, 0.25) is 0 Å². The summed E-state index contributed by atoms with van der Waals surface area (Å²) in [5, 5.41) is 17.6. The van der Waals surface area contributed by atoms with E-state index in [0.29, 0.717) is 39.7 Å². The number of carbonyl (C=O) groups excluding carboxylic acids is 1. The van der Waals surface area contributed by atoms with E-state index in [4.69, 9.17) is 14.2 Å². The molecule has 0 radical (unpaired) electrons. The zero-order valence-electron chi connectivity index (χ0n) is 18.4. The van der Waals surface area contributed by atoms with E-state index in [9.17, 15) is 10.1 Å². The SMILES string of the molecule is COc1cc(C(C#N)NC(=O)c2cc3cnn(C(C)C)c3nc2C)cc(OC)c1OC. The molecular weight excluding hydrogens is 398 g/mol. The van der Waals surface area contributed by atoms with Crippen molar-refractivity contribution in [3.05, 3.63) is 41.2 Å². The number of nitrogens with one attached hydrogen (secondary N) is 1. The number of pyridine rings is 1. The van der Waals surface area contributed by atoms with Gasteiger partial charge >= 0.3 is 0 Å². The quantitative estimate of drug-likeness (QED) is 0.620. The molecule has 0 aliphatic carbocycles. The Morgan fingerprint density at radius 2 is 1.77 bits per heavy atom. The van der Waals surface area contributed by atoms with Crippen molar-refractivity contribution >= 4 is 16.9 Å². The van der Waals surface area contributed by atoms with Gasteiger partial charge in [0.2, 0.25) is 5.75 Å². The standard InChI is InChI=1S/C22H25N5O4/c1-12(2)27-21-15(11-24-27)7-16(13(3)25-21)22(28)26-17(10-23)14-8-18(29-4)20(31-6)19(9-14)30-5/h7-9,11-12,17H,1-6H3,(H,26,28). The second kappa shape index (κ2) is 8.92. The second-order valence-electron chi connectivity index (χ2n) is 7.21. The number of methoxy groups -OCH3 is 3. The summed E-state index contributed by atoms with van der Waals surface area (Å²) in [6, 6.07) is 6.33. The number of carbonyl (C=O) groups is 1. The van der Waals surface area contributed by atoms with Crippen LogP contribution in [0.3, 0.4) is 0 Å². The molecule has 0 saturated carbocycles. The van der Waals surface area contributed by atoms with Crippen molar-refractivity contribution < 1.29 is 19.0 Å². The molecule has 3 rings (SSSR count). The first-order valence-electron chi connectivity index (χ1n) is 9.69. The largest absolute Gasteiger partial charge is 0.493 e. The highest BCUT2D eigenvalue weighted by Crippen LogP contribution is 2.39. The number of benzene rings is 1. The molecule has 0 spiro atoms. The average Bonchev–Trinajstić information content (AvgIpc) is 3.18. The molecule has 0 bridgehead atoms. The maximum absolute atomic E-state index is 13.0. The highest BCUT2D eigenvalue weighted by Gasteiger charge is 2.22. The van der Waals surface area contributed by atoms with Crippen LogP contribution in [0.1, 0.15) is 47.5 Å². The lowest BCUT2D eigenvalue weighted by Crippen LogP contribution is -2.28. The lowest BCUT2D eigenvalue weighted by atomic mass is 10.1. The van der Waals surface area contributed by atoms with E-state index in [0.717, 1.165) is 5.39 Å². The summed E-state index contributed by atoms with van der Waals surface area (Å²) in [6.45, 7) is 5.78. The Kier molecular flexibility index (Phi) is 6.30. The van der Waals surface area contributed by atoms with Crippen LogP contribution in [0.4, 0.5) is 0 Å². The zero-order chi connectivity index (χ0) is 22.7. The highest BCUT2D eigenvalue weighted by atomic mass is 16.5. The average molecular weight is 423 g/mol. The molecular formula is C22H25N5O4. The fourth-order valence-corrected chi connectivity index (χ4v) is 3.34. The summed E-state index contributed by atoms with van der Waals surface area (Å²) in [5.41, 5.74) is 2.15. The monoisotopic (exact) mass is 423 g/mol. The first-order chi connectivity index (χ1) is 14.8. The number of hydrogen-bond acceptors (Lipinski definition) is 7. The summed E-state index contributed by atoms with van der Waals surface area (Å²) in [7, 11) is 4.47. The van der Waals surface area contributed by atoms with E-state index in [1.54, 1.807) is 36.0 Å². The maximum atomic E-state index is 13.0. The summed E-state index contributed by atoms with van der Waals surface area (Å²) in [5.74, 6) is 0.785. The molecule has 0 saturated heterocycles. The summed E-state index contributed by atoms with van der Waals surface area (Å²) < 4.78 is 17.8. The molecule has 162 valence electrons. The molecule has 0 aliphatic heterocycles. The number of ether oxygens (including phenoxy) is 3. The number of hydrogen-bond donors (Lipinski definition) is 1. The van der Waals surface area contributed by atoms with Crippen molar-refractivity contribution in [2.45, 2.75) is 32.9 Å². The molecule has 3 aromatic rings. The van der Waals surface area contributed by atoms with Crippen molar-refractivity contribution in [1.29, 1.82) is 5.26 Å². The van der Waals surface area contributed by atoms with Crippen molar-refractivity contribution in [2.24, 2.45) is 0 Å². The topological polar surface area (TPSA) is 111 Å². The Labute approximate surface area is 180 Å². The number of rotatable bonds is 7. The molecule has 1 amide bonds. The van der Waals surface area contributed by atoms with Gasteiger partial charge in [0.15, 0.2) is 17.1 Å². The predicted molar refractivity (Wildman–Crippen MR) is 115 cm³/mol. The zero-order valence-corrected chi connectivity index (χ0v) is 18.4. The minimum Gasteiger partial charge on any atom is -0.493 e. The number of amides is 1. The van der Waals surface area contributed by atoms with E-state index in [2.05, 4.69) is 21.5 Å². The predicted octanol–water partition coefficient (Wildman–Crippen LogP) is 3.34. The molecule has 2 heterocycles. The van der Waals surface area contributed by atoms with Gasteiger partial charge in [-0.2, -0.15) is 10.4 Å². The van der Waals surface area contributed by atoms with Crippen LogP contribution in [0, 0.1) is 18.3 Å². The smallest absolute Gasteiger partial charge is 0.254 e. The number of aryl methyl sites for hydroxylation is 1. The molecule has 9 nitrogen and oxygen atoms in total. The van der Waals surface area contributed by atoms with Crippen LogP contribution in [-0.4, -0.2) is 42.0 Å². The van der Waals surface area contributed by atoms with Crippen LogP contribution in [0.5, 0.6) is 17.2 Å². The van der Waals surface area contributed by atoms with Gasteiger partial charge in [0.25, 0.3) is 5.91 Å². The molecule has 1 N–H and O–H groups in total. The van der Waals surface area contributed by atoms with Gasteiger partial charge in [-0.3, -0.25) is 4.79 Å². The fraction of sp³-hybridized carbons (Fsp3) is 0.364. The van der Waals surface area contributed by atoms with Crippen LogP contribution >= 0.6 is 0 Å². The molecule has 1 aromatic carbocycles. The van der Waals surface area contributed by atoms with Gasteiger partial charge in [0.05, 0.1) is 44.9 Å². The Hall–Kier alpha value is -3.80. The Balaban J connectivity index is 1.95. The fourth-order valence-electron chi connectivity index (χ4n) is 3.34. The van der Waals surface area contributed by atoms with Crippen LogP contribution in [0.15, 0.2) is 24.4 Å². The number of nitriles is 1. The Morgan fingerprint density at radius 3 is 2.29 bits per heavy atom. The van der Waals surface area contributed by atoms with Gasteiger partial charge in [-0.25, -0.2) is 9.67 Å². The van der Waals surface area contributed by atoms with Crippen LogP contribution < -0.4 is 19.5 Å². The summed E-state index contributed by atoms with van der Waals surface area (Å²) >= 11 is 0. The minimum atomic E-state index is -0.935. The summed E-state index contributed by atoms with van der Waals surface area (Å²) in [4.78, 5) is 17.6. The van der Waals surface area contributed by atoms with Crippen molar-refractivity contribution in [1.82, 2.24) is 20.1 Å². The molecule has 1 unspecified atom stereocenters. The number of fused-ring (bicyclic) bond motifs is 1. The molecule has 31 heavy (non-hydrogen) atoms. The third kappa shape index (κ3) is 4.10. The molecule has 0 aliphatic rings. The normalized spacial score (nSPS) is 11.8. The van der Waals surface area contributed by atoms with E-state index >= 15 is 0 Å². The van der Waals surface area contributed by atoms with E-state index in [1.807, 2.05) is 13.8 Å². The van der Waals surface area contributed by atoms with E-state index in [1.165, 1.54) is 21.3 Å². The van der Waals surface area contributed by atoms with Crippen LogP contribution in [-0.2, 0) is 0 Å². The highest BCUT2D eigenvalue weighted by molar-refractivity contribution is 5.98. The van der Waals surface area contributed by atoms with Crippen LogP contribution in [0.25, 0.3) is 11.0 Å². The van der Waals surface area contributed by atoms with Gasteiger partial charge in [0.1, 0.15) is 6.04 Å². The third-order valence-corrected chi connectivity index (χ3v) is 4.92. The molecule has 2 aromatic heterocycles. The Bertz CT molecular complexity index is 1140. The molecule has 9 heteroatoms. The lowest BCUT2D eigenvalue weighted by Gasteiger charge is -2.18. The summed E-state index contributed by atoms with van der Waals surface area (Å²) in [6.07, 6.45) is 1.68. The second-order valence-corrected chi connectivity index (χ2v) is 7.21. The first-order valence-corrected chi connectivity index (χ1v) is 9.69. The number of aromatic nitrogens is 3. The lowest BCUT2D eigenvalue weighted by molar-refractivity contribution is 0.0944. The van der Waals surface area contributed by atoms with E-state index < -0.39 is 11.9 Å². The van der Waals surface area contributed by atoms with Gasteiger partial charge in [-0.1, -0.05) is 0 Å². The van der Waals surface area contributed by atoms with Crippen molar-refractivity contribution in [3.8, 4) is 23.3 Å². The van der Waals surface area contributed by atoms with Gasteiger partial charge in [-0.05, 0) is 44.5 Å². The van der Waals surface area contributed by atoms with Gasteiger partial charge in [-0.15, -0.1) is 0 Å².